The van der Waals surface area contributed by atoms with E-state index in [0.29, 0.717) is 5.29 Å². The predicted octanol–water partition coefficient (Wildman–Crippen LogP) is 3.13. The number of hydrogen-bond acceptors (Lipinski definition) is 3. The molecule has 1 aliphatic heterocycles. The minimum Gasteiger partial charge on any atom is -0.300 e. The Morgan fingerprint density at radius 3 is 3.17 bits per heavy atom. The Bertz CT molecular complexity index is 353. The normalized spacial score (nSPS) is 14.7. The molecule has 62 valence electrons. The maximum Gasteiger partial charge on any atom is 0.206 e. The lowest BCUT2D eigenvalue weighted by Gasteiger charge is -2.12. The van der Waals surface area contributed by atoms with Crippen LogP contribution in [0.4, 0.5) is 5.69 Å². The molecule has 0 amide bonds. The molecule has 0 bridgehead atoms. The molecular formula is C7H4ClIN2S. The molecule has 0 saturated carbocycles. The van der Waals surface area contributed by atoms with Gasteiger partial charge in [0.1, 0.15) is 0 Å². The minimum absolute atomic E-state index is 0.439. The standard InChI is InChI=1S/C7H4ClIN2S/c8-7-10-5-3-4(9)1-2-6(5)12-11-7/h1-3H,(H,10,11). The molecule has 1 aromatic carbocycles. The van der Waals surface area contributed by atoms with Crippen molar-refractivity contribution in [2.75, 3.05) is 0 Å². The Hall–Kier alpha value is 0.0600. The Labute approximate surface area is 93.1 Å². The van der Waals surface area contributed by atoms with Gasteiger partial charge in [0.25, 0.3) is 0 Å². The largest absolute Gasteiger partial charge is 0.300 e. The molecule has 1 N–H and O–H groups in total. The highest BCUT2D eigenvalue weighted by molar-refractivity contribution is 14.1. The predicted molar refractivity (Wildman–Crippen MR) is 61.1 cm³/mol. The summed E-state index contributed by atoms with van der Waals surface area (Å²) < 4.78 is 4.06. The smallest absolute Gasteiger partial charge is 0.206 e. The molecular weight excluding hydrogens is 307 g/mol. The zero-order chi connectivity index (χ0) is 8.55. The number of benzene rings is 1. The van der Waals surface area contributed by atoms with Gasteiger partial charge in [0, 0.05) is 3.57 Å². The highest BCUT2D eigenvalue weighted by Crippen LogP contribution is 2.32. The summed E-state index contributed by atoms with van der Waals surface area (Å²) in [6.07, 6.45) is 0. The summed E-state index contributed by atoms with van der Waals surface area (Å²) in [4.78, 5) is 5.26. The number of amidine groups is 1. The van der Waals surface area contributed by atoms with Crippen molar-refractivity contribution >= 4 is 57.1 Å². The van der Waals surface area contributed by atoms with Crippen LogP contribution < -0.4 is 4.72 Å². The molecule has 0 spiro atoms. The summed E-state index contributed by atoms with van der Waals surface area (Å²) in [6.45, 7) is 0. The van der Waals surface area contributed by atoms with E-state index in [4.69, 9.17) is 11.6 Å². The minimum atomic E-state index is 0.439. The van der Waals surface area contributed by atoms with Crippen molar-refractivity contribution in [3.05, 3.63) is 21.8 Å². The van der Waals surface area contributed by atoms with Crippen LogP contribution in [0.3, 0.4) is 0 Å². The van der Waals surface area contributed by atoms with Crippen LogP contribution in [0.5, 0.6) is 0 Å². The molecule has 2 rings (SSSR count). The van der Waals surface area contributed by atoms with E-state index in [0.717, 1.165) is 10.6 Å². The number of hydrogen-bond donors (Lipinski definition) is 1. The van der Waals surface area contributed by atoms with Crippen LogP contribution in [0.25, 0.3) is 0 Å². The average molecular weight is 311 g/mol. The van der Waals surface area contributed by atoms with Crippen LogP contribution in [0.1, 0.15) is 0 Å². The topological polar surface area (TPSA) is 24.4 Å². The lowest BCUT2D eigenvalue weighted by Crippen LogP contribution is -2.11. The molecule has 0 aromatic heterocycles. The fraction of sp³-hybridized carbons (Fsp3) is 0. The molecule has 1 heterocycles. The van der Waals surface area contributed by atoms with E-state index in [1.54, 1.807) is 0 Å². The van der Waals surface area contributed by atoms with Crippen molar-refractivity contribution in [2.45, 2.75) is 4.90 Å². The van der Waals surface area contributed by atoms with Crippen molar-refractivity contribution in [3.8, 4) is 0 Å². The first-order valence-corrected chi connectivity index (χ1v) is 5.49. The molecule has 0 unspecified atom stereocenters. The lowest BCUT2D eigenvalue weighted by atomic mass is 10.3. The van der Waals surface area contributed by atoms with E-state index in [1.807, 2.05) is 18.2 Å². The van der Waals surface area contributed by atoms with Gasteiger partial charge in [-0.1, -0.05) is 0 Å². The maximum absolute atomic E-state index is 5.71. The lowest BCUT2D eigenvalue weighted by molar-refractivity contribution is 1.30. The zero-order valence-corrected chi connectivity index (χ0v) is 9.57. The molecule has 0 saturated heterocycles. The van der Waals surface area contributed by atoms with E-state index < -0.39 is 0 Å². The molecule has 1 aromatic rings. The van der Waals surface area contributed by atoms with E-state index >= 15 is 0 Å². The summed E-state index contributed by atoms with van der Waals surface area (Å²) in [6, 6.07) is 6.08. The summed E-state index contributed by atoms with van der Waals surface area (Å²) in [5.41, 5.74) is 0.940. The third-order valence-corrected chi connectivity index (χ3v) is 3.21. The Balaban J connectivity index is 2.53. The molecule has 0 fully saturated rings. The first kappa shape index (κ1) is 8.65. The van der Waals surface area contributed by atoms with Crippen LogP contribution >= 0.6 is 46.1 Å². The molecule has 5 heteroatoms. The number of rotatable bonds is 0. The fourth-order valence-corrected chi connectivity index (χ4v) is 2.16. The van der Waals surface area contributed by atoms with Gasteiger partial charge in [-0.2, -0.15) is 0 Å². The Kier molecular flexibility index (Phi) is 2.47. The summed E-state index contributed by atoms with van der Waals surface area (Å²) in [7, 11) is 0. The number of aliphatic imine (C=N–C) groups is 1. The van der Waals surface area contributed by atoms with Gasteiger partial charge < -0.3 is 4.72 Å². The van der Waals surface area contributed by atoms with Gasteiger partial charge in [-0.15, -0.1) is 0 Å². The fourth-order valence-electron chi connectivity index (χ4n) is 0.890. The van der Waals surface area contributed by atoms with Crippen LogP contribution in [0.15, 0.2) is 28.1 Å². The molecule has 0 radical (unpaired) electrons. The summed E-state index contributed by atoms with van der Waals surface area (Å²) in [5.74, 6) is 0. The molecule has 12 heavy (non-hydrogen) atoms. The molecule has 0 atom stereocenters. The van der Waals surface area contributed by atoms with Gasteiger partial charge >= 0.3 is 0 Å². The van der Waals surface area contributed by atoms with Crippen LogP contribution in [-0.4, -0.2) is 5.29 Å². The van der Waals surface area contributed by atoms with Gasteiger partial charge in [-0.25, -0.2) is 4.99 Å². The monoisotopic (exact) mass is 310 g/mol. The summed E-state index contributed by atoms with van der Waals surface area (Å²) in [5, 5.41) is 0.439. The number of fused-ring (bicyclic) bond motifs is 1. The van der Waals surface area contributed by atoms with Crippen molar-refractivity contribution < 1.29 is 0 Å². The number of halogens is 2. The Morgan fingerprint density at radius 2 is 2.33 bits per heavy atom. The highest BCUT2D eigenvalue weighted by Gasteiger charge is 2.09. The molecule has 0 aliphatic carbocycles. The van der Waals surface area contributed by atoms with Gasteiger partial charge in [0.05, 0.1) is 10.6 Å². The van der Waals surface area contributed by atoms with Crippen LogP contribution in [-0.2, 0) is 0 Å². The SMILES string of the molecule is ClC1=Nc2cc(I)ccc2SN1. The second-order valence-corrected chi connectivity index (χ2v) is 4.67. The first-order valence-electron chi connectivity index (χ1n) is 3.22. The van der Waals surface area contributed by atoms with E-state index in [1.165, 1.54) is 15.5 Å². The quantitative estimate of drug-likeness (QED) is 0.452. The zero-order valence-electron chi connectivity index (χ0n) is 5.84. The van der Waals surface area contributed by atoms with Crippen molar-refractivity contribution in [2.24, 2.45) is 4.99 Å². The first-order chi connectivity index (χ1) is 5.75. The summed E-state index contributed by atoms with van der Waals surface area (Å²) >= 11 is 9.45. The van der Waals surface area contributed by atoms with Crippen molar-refractivity contribution in [1.29, 1.82) is 0 Å². The second-order valence-electron chi connectivity index (χ2n) is 2.22. The van der Waals surface area contributed by atoms with Gasteiger partial charge in [-0.05, 0) is 64.3 Å². The molecule has 1 aliphatic rings. The third kappa shape index (κ3) is 1.70. The van der Waals surface area contributed by atoms with Crippen molar-refractivity contribution in [1.82, 2.24) is 4.72 Å². The van der Waals surface area contributed by atoms with E-state index in [9.17, 15) is 0 Å². The Morgan fingerprint density at radius 1 is 1.50 bits per heavy atom. The number of nitrogens with one attached hydrogen (secondary N) is 1. The van der Waals surface area contributed by atoms with Crippen molar-refractivity contribution in [3.63, 3.8) is 0 Å². The average Bonchev–Trinajstić information content (AvgIpc) is 2.03. The van der Waals surface area contributed by atoms with E-state index in [-0.39, 0.29) is 0 Å². The van der Waals surface area contributed by atoms with Crippen LogP contribution in [0, 0.1) is 3.57 Å². The van der Waals surface area contributed by atoms with Gasteiger partial charge in [0.15, 0.2) is 0 Å². The van der Waals surface area contributed by atoms with Gasteiger partial charge in [-0.3, -0.25) is 0 Å². The maximum atomic E-state index is 5.71. The van der Waals surface area contributed by atoms with E-state index in [2.05, 4.69) is 32.3 Å². The number of nitrogens with zero attached hydrogens (tertiary/aromatic N) is 1. The van der Waals surface area contributed by atoms with Gasteiger partial charge in [0.2, 0.25) is 5.29 Å². The second kappa shape index (κ2) is 3.43. The van der Waals surface area contributed by atoms with Crippen LogP contribution in [0.2, 0.25) is 0 Å². The third-order valence-electron chi connectivity index (χ3n) is 1.38. The molecule has 2 nitrogen and oxygen atoms in total. The highest BCUT2D eigenvalue weighted by atomic mass is 127.